The first-order valence-corrected chi connectivity index (χ1v) is 6.38. The van der Waals surface area contributed by atoms with Crippen LogP contribution in [0.1, 0.15) is 18.9 Å². The lowest BCUT2D eigenvalue weighted by Crippen LogP contribution is -2.29. The van der Waals surface area contributed by atoms with E-state index in [-0.39, 0.29) is 23.6 Å². The average molecular weight is 303 g/mol. The van der Waals surface area contributed by atoms with Crippen molar-refractivity contribution in [2.75, 3.05) is 0 Å². The number of nitrogens with zero attached hydrogens (tertiary/aromatic N) is 3. The standard InChI is InChI=1S/C13H13N5O4/c1-8-10(13(20)17-15-8)6-12(19)16-14-7-9-4-2-3-5-11(9)18(21)22/h2-5,7,10H,6H2,1H3,(H,16,19)(H,17,20). The lowest BCUT2D eigenvalue weighted by atomic mass is 10.0. The zero-order chi connectivity index (χ0) is 16.1. The number of hydrogen-bond acceptors (Lipinski definition) is 6. The number of rotatable bonds is 5. The van der Waals surface area contributed by atoms with Crippen molar-refractivity contribution in [1.82, 2.24) is 10.9 Å². The van der Waals surface area contributed by atoms with Gasteiger partial charge in [0, 0.05) is 18.2 Å². The third kappa shape index (κ3) is 3.51. The maximum atomic E-state index is 11.7. The van der Waals surface area contributed by atoms with Crippen LogP contribution >= 0.6 is 0 Å². The molecule has 1 aromatic carbocycles. The van der Waals surface area contributed by atoms with Gasteiger partial charge in [-0.1, -0.05) is 12.1 Å². The Labute approximate surface area is 125 Å². The molecule has 0 radical (unpaired) electrons. The zero-order valence-corrected chi connectivity index (χ0v) is 11.6. The van der Waals surface area contributed by atoms with Crippen LogP contribution in [0.4, 0.5) is 5.69 Å². The Morgan fingerprint density at radius 2 is 2.27 bits per heavy atom. The van der Waals surface area contributed by atoms with E-state index in [4.69, 9.17) is 0 Å². The number of hydrazone groups is 2. The molecule has 9 nitrogen and oxygen atoms in total. The molecule has 1 unspecified atom stereocenters. The minimum Gasteiger partial charge on any atom is -0.273 e. The quantitative estimate of drug-likeness (QED) is 0.468. The molecule has 2 N–H and O–H groups in total. The molecular weight excluding hydrogens is 290 g/mol. The molecule has 0 saturated carbocycles. The molecule has 1 heterocycles. The summed E-state index contributed by atoms with van der Waals surface area (Å²) in [5.41, 5.74) is 5.21. The van der Waals surface area contributed by atoms with Gasteiger partial charge < -0.3 is 0 Å². The predicted molar refractivity (Wildman–Crippen MR) is 78.2 cm³/mol. The highest BCUT2D eigenvalue weighted by molar-refractivity contribution is 6.09. The van der Waals surface area contributed by atoms with Crippen molar-refractivity contribution in [2.24, 2.45) is 16.1 Å². The average Bonchev–Trinajstić information content (AvgIpc) is 2.79. The number of carbonyl (C=O) groups is 2. The highest BCUT2D eigenvalue weighted by Gasteiger charge is 2.28. The number of nitro benzene ring substituents is 1. The lowest BCUT2D eigenvalue weighted by molar-refractivity contribution is -0.385. The van der Waals surface area contributed by atoms with Gasteiger partial charge in [-0.3, -0.25) is 19.7 Å². The summed E-state index contributed by atoms with van der Waals surface area (Å²) in [4.78, 5) is 33.4. The summed E-state index contributed by atoms with van der Waals surface area (Å²) < 4.78 is 0. The van der Waals surface area contributed by atoms with E-state index in [0.717, 1.165) is 0 Å². The first-order valence-electron chi connectivity index (χ1n) is 6.38. The van der Waals surface area contributed by atoms with Crippen LogP contribution in [0.5, 0.6) is 0 Å². The Bertz CT molecular complexity index is 683. The highest BCUT2D eigenvalue weighted by atomic mass is 16.6. The fraction of sp³-hybridized carbons (Fsp3) is 0.231. The summed E-state index contributed by atoms with van der Waals surface area (Å²) >= 11 is 0. The smallest absolute Gasteiger partial charge is 0.273 e. The molecule has 0 aromatic heterocycles. The van der Waals surface area contributed by atoms with Crippen molar-refractivity contribution >= 4 is 29.4 Å². The van der Waals surface area contributed by atoms with Gasteiger partial charge in [-0.15, -0.1) is 0 Å². The van der Waals surface area contributed by atoms with Crippen LogP contribution < -0.4 is 10.9 Å². The van der Waals surface area contributed by atoms with Crippen LogP contribution in [-0.4, -0.2) is 28.7 Å². The molecule has 0 saturated heterocycles. The molecule has 2 amide bonds. The highest BCUT2D eigenvalue weighted by Crippen LogP contribution is 2.15. The number of hydrogen-bond donors (Lipinski definition) is 2. The molecule has 1 aliphatic rings. The normalized spacial score (nSPS) is 17.2. The van der Waals surface area contributed by atoms with Crippen LogP contribution in [0.3, 0.4) is 0 Å². The Morgan fingerprint density at radius 1 is 1.55 bits per heavy atom. The van der Waals surface area contributed by atoms with Gasteiger partial charge in [0.1, 0.15) is 0 Å². The van der Waals surface area contributed by atoms with E-state index >= 15 is 0 Å². The van der Waals surface area contributed by atoms with Crippen LogP contribution in [-0.2, 0) is 9.59 Å². The van der Waals surface area contributed by atoms with Crippen molar-refractivity contribution < 1.29 is 14.5 Å². The fourth-order valence-electron chi connectivity index (χ4n) is 1.90. The second kappa shape index (κ2) is 6.57. The minimum absolute atomic E-state index is 0.0879. The molecule has 0 bridgehead atoms. The van der Waals surface area contributed by atoms with Crippen molar-refractivity contribution in [3.63, 3.8) is 0 Å². The van der Waals surface area contributed by atoms with Gasteiger partial charge in [0.25, 0.3) is 5.69 Å². The van der Waals surface area contributed by atoms with E-state index in [1.807, 2.05) is 0 Å². The molecule has 0 aliphatic carbocycles. The van der Waals surface area contributed by atoms with E-state index < -0.39 is 16.7 Å². The summed E-state index contributed by atoms with van der Waals surface area (Å²) in [6, 6.07) is 6.01. The molecule has 1 aromatic rings. The maximum Gasteiger partial charge on any atom is 0.278 e. The molecule has 0 spiro atoms. The van der Waals surface area contributed by atoms with Crippen molar-refractivity contribution in [2.45, 2.75) is 13.3 Å². The van der Waals surface area contributed by atoms with E-state index in [9.17, 15) is 19.7 Å². The summed E-state index contributed by atoms with van der Waals surface area (Å²) in [6.07, 6.45) is 1.10. The molecule has 0 fully saturated rings. The zero-order valence-electron chi connectivity index (χ0n) is 11.6. The molecule has 114 valence electrons. The number of nitro groups is 1. The van der Waals surface area contributed by atoms with Gasteiger partial charge in [0.2, 0.25) is 11.8 Å². The molecular formula is C13H13N5O4. The van der Waals surface area contributed by atoms with E-state index in [2.05, 4.69) is 21.1 Å². The Kier molecular flexibility index (Phi) is 4.57. The van der Waals surface area contributed by atoms with Crippen LogP contribution in [0.15, 0.2) is 34.5 Å². The first kappa shape index (κ1) is 15.3. The number of nitrogens with one attached hydrogen (secondary N) is 2. The predicted octanol–water partition coefficient (Wildman–Crippen LogP) is 0.557. The lowest BCUT2D eigenvalue weighted by Gasteiger charge is -2.05. The van der Waals surface area contributed by atoms with Gasteiger partial charge in [-0.25, -0.2) is 10.9 Å². The van der Waals surface area contributed by atoms with Crippen LogP contribution in [0, 0.1) is 16.0 Å². The van der Waals surface area contributed by atoms with Crippen LogP contribution in [0.25, 0.3) is 0 Å². The minimum atomic E-state index is -0.610. The topological polar surface area (TPSA) is 126 Å². The molecule has 1 aliphatic heterocycles. The summed E-state index contributed by atoms with van der Waals surface area (Å²) in [5.74, 6) is -1.43. The SMILES string of the molecule is CC1=NNC(=O)C1CC(=O)NN=Cc1ccccc1[N+](=O)[O-]. The number of carbonyl (C=O) groups excluding carboxylic acids is 2. The number of benzene rings is 1. The van der Waals surface area contributed by atoms with E-state index in [1.54, 1.807) is 13.0 Å². The van der Waals surface area contributed by atoms with Gasteiger partial charge in [-0.2, -0.15) is 10.2 Å². The van der Waals surface area contributed by atoms with Crippen molar-refractivity contribution in [3.8, 4) is 0 Å². The second-order valence-corrected chi connectivity index (χ2v) is 4.60. The monoisotopic (exact) mass is 303 g/mol. The summed E-state index contributed by atoms with van der Waals surface area (Å²) in [5, 5.41) is 18.2. The van der Waals surface area contributed by atoms with Crippen LogP contribution in [0.2, 0.25) is 0 Å². The molecule has 2 rings (SSSR count). The van der Waals surface area contributed by atoms with Gasteiger partial charge in [0.15, 0.2) is 0 Å². The van der Waals surface area contributed by atoms with E-state index in [1.165, 1.54) is 24.4 Å². The number of para-hydroxylation sites is 1. The number of amides is 2. The molecule has 22 heavy (non-hydrogen) atoms. The van der Waals surface area contributed by atoms with Crippen molar-refractivity contribution in [3.05, 3.63) is 39.9 Å². The summed E-state index contributed by atoms with van der Waals surface area (Å²) in [7, 11) is 0. The summed E-state index contributed by atoms with van der Waals surface area (Å²) in [6.45, 7) is 1.65. The van der Waals surface area contributed by atoms with Gasteiger partial charge in [-0.05, 0) is 13.0 Å². The van der Waals surface area contributed by atoms with E-state index in [0.29, 0.717) is 5.71 Å². The largest absolute Gasteiger partial charge is 0.278 e. The molecule has 1 atom stereocenters. The van der Waals surface area contributed by atoms with Crippen molar-refractivity contribution in [1.29, 1.82) is 0 Å². The van der Waals surface area contributed by atoms with Gasteiger partial charge in [0.05, 0.1) is 22.6 Å². The third-order valence-corrected chi connectivity index (χ3v) is 3.08. The Hall–Kier alpha value is -3.10. The Morgan fingerprint density at radius 3 is 2.91 bits per heavy atom. The fourth-order valence-corrected chi connectivity index (χ4v) is 1.90. The molecule has 9 heteroatoms. The van der Waals surface area contributed by atoms with Gasteiger partial charge >= 0.3 is 0 Å². The second-order valence-electron chi connectivity index (χ2n) is 4.60. The third-order valence-electron chi connectivity index (χ3n) is 3.08. The first-order chi connectivity index (χ1) is 10.5. The Balaban J connectivity index is 1.95. The maximum absolute atomic E-state index is 11.7.